The van der Waals surface area contributed by atoms with Crippen LogP contribution in [0.4, 0.5) is 5.69 Å². The molecule has 0 spiro atoms. The van der Waals surface area contributed by atoms with E-state index in [-0.39, 0.29) is 17.5 Å². The van der Waals surface area contributed by atoms with Crippen molar-refractivity contribution < 1.29 is 8.42 Å². The average molecular weight is 271 g/mol. The molecule has 1 N–H and O–H groups in total. The normalized spacial score (nSPS) is 22.0. The van der Waals surface area contributed by atoms with Crippen molar-refractivity contribution in [3.63, 3.8) is 0 Å². The van der Waals surface area contributed by atoms with Crippen LogP contribution in [0.5, 0.6) is 0 Å². The number of nitrogens with one attached hydrogen (secondary N) is 1. The lowest BCUT2D eigenvalue weighted by Crippen LogP contribution is -2.21. The number of halogens is 1. The number of hydrogen-bond acceptors (Lipinski definition) is 4. The Balaban J connectivity index is 2.18. The molecular weight excluding hydrogens is 260 g/mol. The van der Waals surface area contributed by atoms with Gasteiger partial charge in [-0.25, -0.2) is 8.42 Å². The molecule has 0 radical (unpaired) electrons. The Hall–Kier alpha value is -1.25. The summed E-state index contributed by atoms with van der Waals surface area (Å²) in [5.74, 6) is 0.334. The molecular formula is C11H11ClN2O2S. The number of nitrogens with zero attached hydrogens (tertiary/aromatic N) is 1. The molecule has 0 aromatic heterocycles. The Morgan fingerprint density at radius 1 is 1.47 bits per heavy atom. The van der Waals surface area contributed by atoms with E-state index in [4.69, 9.17) is 16.9 Å². The van der Waals surface area contributed by atoms with E-state index in [0.29, 0.717) is 22.7 Å². The summed E-state index contributed by atoms with van der Waals surface area (Å²) < 4.78 is 22.6. The Labute approximate surface area is 105 Å². The van der Waals surface area contributed by atoms with E-state index < -0.39 is 9.84 Å². The number of benzene rings is 1. The molecule has 2 rings (SSSR count). The molecule has 90 valence electrons. The topological polar surface area (TPSA) is 70.0 Å². The summed E-state index contributed by atoms with van der Waals surface area (Å²) in [6, 6.07) is 6.86. The standard InChI is InChI=1S/C11H11ClN2O2S/c12-9-1-2-11(8(5-9)6-13)14-10-3-4-17(15,16)7-10/h1-2,5,10,14H,3-4,7H2. The number of rotatable bonds is 2. The zero-order valence-electron chi connectivity index (χ0n) is 8.98. The Morgan fingerprint density at radius 2 is 2.24 bits per heavy atom. The van der Waals surface area contributed by atoms with Crippen molar-refractivity contribution in [2.45, 2.75) is 12.5 Å². The Bertz CT molecular complexity index is 578. The fourth-order valence-electron chi connectivity index (χ4n) is 1.86. The summed E-state index contributed by atoms with van der Waals surface area (Å²) >= 11 is 5.78. The Morgan fingerprint density at radius 3 is 2.82 bits per heavy atom. The van der Waals surface area contributed by atoms with Crippen LogP contribution >= 0.6 is 11.6 Å². The zero-order valence-corrected chi connectivity index (χ0v) is 10.6. The summed E-state index contributed by atoms with van der Waals surface area (Å²) in [6.07, 6.45) is 0.579. The third kappa shape index (κ3) is 2.90. The van der Waals surface area contributed by atoms with Crippen LogP contribution in [-0.4, -0.2) is 26.0 Å². The molecule has 0 amide bonds. The summed E-state index contributed by atoms with van der Waals surface area (Å²) in [5.41, 5.74) is 1.07. The first kappa shape index (κ1) is 12.2. The van der Waals surface area contributed by atoms with Crippen LogP contribution in [0.25, 0.3) is 0 Å². The van der Waals surface area contributed by atoms with Gasteiger partial charge in [0.05, 0.1) is 22.8 Å². The maximum atomic E-state index is 11.3. The van der Waals surface area contributed by atoms with Gasteiger partial charge in [0.15, 0.2) is 9.84 Å². The largest absolute Gasteiger partial charge is 0.380 e. The van der Waals surface area contributed by atoms with Crippen molar-refractivity contribution in [3.05, 3.63) is 28.8 Å². The molecule has 1 aliphatic rings. The van der Waals surface area contributed by atoms with Gasteiger partial charge in [-0.05, 0) is 24.6 Å². The number of hydrogen-bond donors (Lipinski definition) is 1. The van der Waals surface area contributed by atoms with E-state index in [0.717, 1.165) is 0 Å². The molecule has 6 heteroatoms. The van der Waals surface area contributed by atoms with Gasteiger partial charge in [-0.2, -0.15) is 5.26 Å². The van der Waals surface area contributed by atoms with Crippen molar-refractivity contribution in [2.75, 3.05) is 16.8 Å². The van der Waals surface area contributed by atoms with Crippen molar-refractivity contribution in [3.8, 4) is 6.07 Å². The van der Waals surface area contributed by atoms with Gasteiger partial charge in [0.2, 0.25) is 0 Å². The number of sulfone groups is 1. The first-order valence-corrected chi connectivity index (χ1v) is 7.37. The van der Waals surface area contributed by atoms with E-state index in [1.165, 1.54) is 0 Å². The van der Waals surface area contributed by atoms with Crippen molar-refractivity contribution in [1.82, 2.24) is 0 Å². The molecule has 1 unspecified atom stereocenters. The molecule has 17 heavy (non-hydrogen) atoms. The van der Waals surface area contributed by atoms with Gasteiger partial charge in [0, 0.05) is 11.1 Å². The minimum Gasteiger partial charge on any atom is -0.380 e. The molecule has 0 saturated carbocycles. The summed E-state index contributed by atoms with van der Waals surface area (Å²) in [7, 11) is -2.91. The maximum Gasteiger partial charge on any atom is 0.152 e. The van der Waals surface area contributed by atoms with Crippen molar-refractivity contribution in [2.24, 2.45) is 0 Å². The summed E-state index contributed by atoms with van der Waals surface area (Å²) in [5, 5.41) is 12.5. The van der Waals surface area contributed by atoms with Gasteiger partial charge in [-0.3, -0.25) is 0 Å². The van der Waals surface area contributed by atoms with Gasteiger partial charge >= 0.3 is 0 Å². The van der Waals surface area contributed by atoms with Crippen LogP contribution < -0.4 is 5.32 Å². The molecule has 1 atom stereocenters. The molecule has 1 aromatic carbocycles. The second-order valence-electron chi connectivity index (χ2n) is 4.05. The van der Waals surface area contributed by atoms with Crippen LogP contribution in [0.2, 0.25) is 5.02 Å². The molecule has 0 bridgehead atoms. The zero-order chi connectivity index (χ0) is 12.5. The number of anilines is 1. The van der Waals surface area contributed by atoms with Crippen LogP contribution in [0.15, 0.2) is 18.2 Å². The molecule has 1 aliphatic heterocycles. The highest BCUT2D eigenvalue weighted by Gasteiger charge is 2.28. The third-order valence-electron chi connectivity index (χ3n) is 2.69. The maximum absolute atomic E-state index is 11.3. The first-order chi connectivity index (χ1) is 8.00. The van der Waals surface area contributed by atoms with E-state index in [9.17, 15) is 8.42 Å². The lowest BCUT2D eigenvalue weighted by molar-refractivity contribution is 0.602. The highest BCUT2D eigenvalue weighted by atomic mass is 35.5. The smallest absolute Gasteiger partial charge is 0.152 e. The van der Waals surface area contributed by atoms with E-state index in [1.807, 2.05) is 6.07 Å². The highest BCUT2D eigenvalue weighted by Crippen LogP contribution is 2.23. The molecule has 1 saturated heterocycles. The second-order valence-corrected chi connectivity index (χ2v) is 6.71. The molecule has 1 heterocycles. The van der Waals surface area contributed by atoms with Crippen LogP contribution in [0.1, 0.15) is 12.0 Å². The fourth-order valence-corrected chi connectivity index (χ4v) is 3.71. The lowest BCUT2D eigenvalue weighted by atomic mass is 10.1. The quantitative estimate of drug-likeness (QED) is 0.890. The van der Waals surface area contributed by atoms with E-state index in [2.05, 4.69) is 5.32 Å². The summed E-state index contributed by atoms with van der Waals surface area (Å²) in [4.78, 5) is 0. The molecule has 1 aromatic rings. The van der Waals surface area contributed by atoms with Crippen LogP contribution in [0.3, 0.4) is 0 Å². The molecule has 0 aliphatic carbocycles. The molecule has 4 nitrogen and oxygen atoms in total. The van der Waals surface area contributed by atoms with Gasteiger partial charge < -0.3 is 5.32 Å². The fraction of sp³-hybridized carbons (Fsp3) is 0.364. The second kappa shape index (κ2) is 4.55. The minimum atomic E-state index is -2.91. The van der Waals surface area contributed by atoms with E-state index >= 15 is 0 Å². The molecule has 1 fully saturated rings. The van der Waals surface area contributed by atoms with Gasteiger partial charge in [0.1, 0.15) is 6.07 Å². The van der Waals surface area contributed by atoms with Crippen molar-refractivity contribution in [1.29, 1.82) is 5.26 Å². The Kier molecular flexibility index (Phi) is 3.27. The lowest BCUT2D eigenvalue weighted by Gasteiger charge is -2.13. The van der Waals surface area contributed by atoms with Gasteiger partial charge in [-0.15, -0.1) is 0 Å². The van der Waals surface area contributed by atoms with Gasteiger partial charge in [0.25, 0.3) is 0 Å². The predicted octanol–water partition coefficient (Wildman–Crippen LogP) is 1.81. The van der Waals surface area contributed by atoms with Crippen LogP contribution in [0, 0.1) is 11.3 Å². The first-order valence-electron chi connectivity index (χ1n) is 5.17. The minimum absolute atomic E-state index is 0.117. The third-order valence-corrected chi connectivity index (χ3v) is 4.70. The van der Waals surface area contributed by atoms with Crippen molar-refractivity contribution >= 4 is 27.1 Å². The van der Waals surface area contributed by atoms with Crippen LogP contribution in [-0.2, 0) is 9.84 Å². The number of nitriles is 1. The summed E-state index contributed by atoms with van der Waals surface area (Å²) in [6.45, 7) is 0. The van der Waals surface area contributed by atoms with Gasteiger partial charge in [-0.1, -0.05) is 11.6 Å². The SMILES string of the molecule is N#Cc1cc(Cl)ccc1NC1CCS(=O)(=O)C1. The average Bonchev–Trinajstić information content (AvgIpc) is 2.61. The monoisotopic (exact) mass is 270 g/mol. The van der Waals surface area contributed by atoms with E-state index in [1.54, 1.807) is 18.2 Å². The predicted molar refractivity (Wildman–Crippen MR) is 66.8 cm³/mol. The highest BCUT2D eigenvalue weighted by molar-refractivity contribution is 7.91.